The normalized spacial score (nSPS) is 15.1. The van der Waals surface area contributed by atoms with Crippen LogP contribution in [0.3, 0.4) is 0 Å². The summed E-state index contributed by atoms with van der Waals surface area (Å²) in [5.74, 6) is 2.84. The molecule has 1 aromatic carbocycles. The number of rotatable bonds is 4. The molecule has 0 saturated carbocycles. The Morgan fingerprint density at radius 2 is 2.05 bits per heavy atom. The highest BCUT2D eigenvalue weighted by atomic mass is 16.6. The van der Waals surface area contributed by atoms with Gasteiger partial charge in [0.05, 0.1) is 6.54 Å². The zero-order valence-corrected chi connectivity index (χ0v) is 11.5. The second-order valence-electron chi connectivity index (χ2n) is 4.74. The molecular formula is C14H17N3O3. The number of hydrogen-bond donors (Lipinski definition) is 1. The molecule has 1 aromatic heterocycles. The van der Waals surface area contributed by atoms with Gasteiger partial charge in [-0.25, -0.2) is 0 Å². The minimum Gasteiger partial charge on any atom is -0.486 e. The zero-order valence-electron chi connectivity index (χ0n) is 11.5. The maximum absolute atomic E-state index is 5.59. The molecule has 2 aromatic rings. The molecule has 106 valence electrons. The second kappa shape index (κ2) is 5.50. The van der Waals surface area contributed by atoms with E-state index >= 15 is 0 Å². The molecule has 0 fully saturated rings. The van der Waals surface area contributed by atoms with Crippen molar-refractivity contribution in [2.45, 2.75) is 26.4 Å². The largest absolute Gasteiger partial charge is 0.486 e. The van der Waals surface area contributed by atoms with Crippen LogP contribution in [-0.2, 0) is 6.54 Å². The van der Waals surface area contributed by atoms with E-state index in [4.69, 9.17) is 14.0 Å². The Morgan fingerprint density at radius 3 is 2.80 bits per heavy atom. The van der Waals surface area contributed by atoms with Crippen molar-refractivity contribution in [3.05, 3.63) is 35.5 Å². The first-order valence-electron chi connectivity index (χ1n) is 6.64. The smallest absolute Gasteiger partial charge is 0.240 e. The number of benzene rings is 1. The molecule has 0 radical (unpaired) electrons. The Hall–Kier alpha value is -2.08. The average molecular weight is 275 g/mol. The highest BCUT2D eigenvalue weighted by molar-refractivity contribution is 5.44. The van der Waals surface area contributed by atoms with Gasteiger partial charge in [-0.05, 0) is 31.5 Å². The highest BCUT2D eigenvalue weighted by Gasteiger charge is 2.14. The summed E-state index contributed by atoms with van der Waals surface area (Å²) in [6.07, 6.45) is 0. The van der Waals surface area contributed by atoms with Gasteiger partial charge in [0.2, 0.25) is 5.89 Å². The van der Waals surface area contributed by atoms with Crippen LogP contribution in [-0.4, -0.2) is 23.4 Å². The Kier molecular flexibility index (Phi) is 3.56. The summed E-state index contributed by atoms with van der Waals surface area (Å²) < 4.78 is 16.2. The molecule has 1 N–H and O–H groups in total. The first-order chi connectivity index (χ1) is 9.72. The van der Waals surface area contributed by atoms with Crippen molar-refractivity contribution in [2.75, 3.05) is 13.2 Å². The number of aromatic nitrogens is 2. The molecule has 1 atom stereocenters. The number of nitrogens with one attached hydrogen (secondary N) is 1. The van der Waals surface area contributed by atoms with Crippen molar-refractivity contribution in [3.63, 3.8) is 0 Å². The van der Waals surface area contributed by atoms with Crippen molar-refractivity contribution in [2.24, 2.45) is 0 Å². The summed E-state index contributed by atoms with van der Waals surface area (Å²) in [7, 11) is 0. The van der Waals surface area contributed by atoms with Crippen LogP contribution in [0.5, 0.6) is 11.5 Å². The summed E-state index contributed by atoms with van der Waals surface area (Å²) >= 11 is 0. The Balaban J connectivity index is 1.66. The first kappa shape index (κ1) is 12.9. The molecule has 20 heavy (non-hydrogen) atoms. The SMILES string of the molecule is Cc1noc(CNC(C)c2ccc3c(c2)OCCO3)n1. The monoisotopic (exact) mass is 275 g/mol. The van der Waals surface area contributed by atoms with E-state index in [-0.39, 0.29) is 6.04 Å². The molecular weight excluding hydrogens is 258 g/mol. The van der Waals surface area contributed by atoms with Gasteiger partial charge in [-0.15, -0.1) is 0 Å². The number of aryl methyl sites for hydroxylation is 1. The van der Waals surface area contributed by atoms with Crippen LogP contribution in [0.1, 0.15) is 30.2 Å². The third-order valence-electron chi connectivity index (χ3n) is 3.20. The molecule has 1 unspecified atom stereocenters. The van der Waals surface area contributed by atoms with Gasteiger partial charge in [0.1, 0.15) is 13.2 Å². The lowest BCUT2D eigenvalue weighted by atomic mass is 10.1. The van der Waals surface area contributed by atoms with Crippen molar-refractivity contribution in [1.82, 2.24) is 15.5 Å². The Morgan fingerprint density at radius 1 is 1.25 bits per heavy atom. The molecule has 0 bridgehead atoms. The number of ether oxygens (including phenoxy) is 2. The van der Waals surface area contributed by atoms with Crippen LogP contribution in [0.4, 0.5) is 0 Å². The lowest BCUT2D eigenvalue weighted by molar-refractivity contribution is 0.171. The summed E-state index contributed by atoms with van der Waals surface area (Å²) in [4.78, 5) is 4.16. The molecule has 0 amide bonds. The number of fused-ring (bicyclic) bond motifs is 1. The van der Waals surface area contributed by atoms with E-state index < -0.39 is 0 Å². The second-order valence-corrected chi connectivity index (χ2v) is 4.74. The molecule has 1 aliphatic heterocycles. The minimum atomic E-state index is 0.151. The summed E-state index contributed by atoms with van der Waals surface area (Å²) in [6, 6.07) is 6.13. The van der Waals surface area contributed by atoms with E-state index in [9.17, 15) is 0 Å². The van der Waals surface area contributed by atoms with E-state index in [1.54, 1.807) is 6.92 Å². The van der Waals surface area contributed by atoms with Crippen molar-refractivity contribution in [1.29, 1.82) is 0 Å². The van der Waals surface area contributed by atoms with Crippen molar-refractivity contribution >= 4 is 0 Å². The van der Waals surface area contributed by atoms with E-state index in [1.165, 1.54) is 0 Å². The van der Waals surface area contributed by atoms with Crippen LogP contribution >= 0.6 is 0 Å². The fourth-order valence-corrected chi connectivity index (χ4v) is 2.10. The van der Waals surface area contributed by atoms with Gasteiger partial charge < -0.3 is 19.3 Å². The van der Waals surface area contributed by atoms with Gasteiger partial charge in [0.15, 0.2) is 17.3 Å². The fourth-order valence-electron chi connectivity index (χ4n) is 2.10. The fraction of sp³-hybridized carbons (Fsp3) is 0.429. The van der Waals surface area contributed by atoms with E-state index in [0.29, 0.717) is 31.5 Å². The number of nitrogens with zero attached hydrogens (tertiary/aromatic N) is 2. The number of hydrogen-bond acceptors (Lipinski definition) is 6. The standard InChI is InChI=1S/C14H17N3O3/c1-9(15-8-14-16-10(2)17-20-14)11-3-4-12-13(7-11)19-6-5-18-12/h3-4,7,9,15H,5-6,8H2,1-2H3. The lowest BCUT2D eigenvalue weighted by Crippen LogP contribution is -2.19. The van der Waals surface area contributed by atoms with Crippen LogP contribution in [0.15, 0.2) is 22.7 Å². The molecule has 3 rings (SSSR count). The van der Waals surface area contributed by atoms with Crippen molar-refractivity contribution in [3.8, 4) is 11.5 Å². The van der Waals surface area contributed by atoms with Gasteiger partial charge in [0, 0.05) is 6.04 Å². The lowest BCUT2D eigenvalue weighted by Gasteiger charge is -2.20. The summed E-state index contributed by atoms with van der Waals surface area (Å²) in [5, 5.41) is 7.11. The molecule has 6 heteroatoms. The third kappa shape index (κ3) is 2.75. The highest BCUT2D eigenvalue weighted by Crippen LogP contribution is 2.32. The maximum atomic E-state index is 5.59. The predicted molar refractivity (Wildman–Crippen MR) is 71.7 cm³/mol. The Bertz CT molecular complexity index is 597. The quantitative estimate of drug-likeness (QED) is 0.920. The van der Waals surface area contributed by atoms with E-state index in [2.05, 4.69) is 22.4 Å². The summed E-state index contributed by atoms with van der Waals surface area (Å²) in [5.41, 5.74) is 1.13. The topological polar surface area (TPSA) is 69.4 Å². The van der Waals surface area contributed by atoms with Crippen LogP contribution < -0.4 is 14.8 Å². The van der Waals surface area contributed by atoms with Gasteiger partial charge in [-0.3, -0.25) is 0 Å². The third-order valence-corrected chi connectivity index (χ3v) is 3.20. The minimum absolute atomic E-state index is 0.151. The molecule has 0 saturated heterocycles. The molecule has 1 aliphatic rings. The first-order valence-corrected chi connectivity index (χ1v) is 6.64. The zero-order chi connectivity index (χ0) is 13.9. The van der Waals surface area contributed by atoms with Crippen LogP contribution in [0.25, 0.3) is 0 Å². The Labute approximate surface area is 117 Å². The molecule has 6 nitrogen and oxygen atoms in total. The van der Waals surface area contributed by atoms with Gasteiger partial charge in [-0.2, -0.15) is 4.98 Å². The van der Waals surface area contributed by atoms with Gasteiger partial charge in [-0.1, -0.05) is 11.2 Å². The molecule has 0 aliphatic carbocycles. The van der Waals surface area contributed by atoms with Crippen LogP contribution in [0, 0.1) is 6.92 Å². The van der Waals surface area contributed by atoms with E-state index in [0.717, 1.165) is 17.1 Å². The predicted octanol–water partition coefficient (Wildman–Crippen LogP) is 2.00. The van der Waals surface area contributed by atoms with Gasteiger partial charge >= 0.3 is 0 Å². The van der Waals surface area contributed by atoms with Gasteiger partial charge in [0.25, 0.3) is 0 Å². The van der Waals surface area contributed by atoms with E-state index in [1.807, 2.05) is 18.2 Å². The summed E-state index contributed by atoms with van der Waals surface area (Å²) in [6.45, 7) is 5.62. The molecule has 2 heterocycles. The van der Waals surface area contributed by atoms with Crippen LogP contribution in [0.2, 0.25) is 0 Å². The average Bonchev–Trinajstić information content (AvgIpc) is 2.90. The van der Waals surface area contributed by atoms with Crippen molar-refractivity contribution < 1.29 is 14.0 Å². The molecule has 0 spiro atoms. The maximum Gasteiger partial charge on any atom is 0.240 e.